The summed E-state index contributed by atoms with van der Waals surface area (Å²) >= 11 is 0. The zero-order valence-electron chi connectivity index (χ0n) is 9.36. The molecule has 0 N–H and O–H groups in total. The molecule has 0 fully saturated rings. The minimum Gasteiger partial charge on any atom is -0.466 e. The van der Waals surface area contributed by atoms with Gasteiger partial charge in [-0.1, -0.05) is 18.2 Å². The summed E-state index contributed by atoms with van der Waals surface area (Å²) in [5, 5.41) is 0. The van der Waals surface area contributed by atoms with Gasteiger partial charge >= 0.3 is 11.9 Å². The van der Waals surface area contributed by atoms with Crippen LogP contribution in [0.3, 0.4) is 0 Å². The average Bonchev–Trinajstić information content (AvgIpc) is 2.62. The largest absolute Gasteiger partial charge is 0.466 e. The highest BCUT2D eigenvalue weighted by Gasteiger charge is 2.18. The molecule has 0 radical (unpaired) electrons. The first kappa shape index (κ1) is 12.2. The van der Waals surface area contributed by atoms with Crippen molar-refractivity contribution >= 4 is 11.9 Å². The summed E-state index contributed by atoms with van der Waals surface area (Å²) in [7, 11) is 0. The highest BCUT2D eigenvalue weighted by atomic mass is 16.5. The molecule has 0 saturated carbocycles. The number of carbonyl (C=O) groups is 2. The lowest BCUT2D eigenvalue weighted by atomic mass is 10.1. The molecule has 0 amide bonds. The number of hydrogen-bond donors (Lipinski definition) is 0. The van der Waals surface area contributed by atoms with E-state index in [4.69, 9.17) is 4.74 Å². The van der Waals surface area contributed by atoms with E-state index in [9.17, 15) is 9.59 Å². The Labute approximate surface area is 94.2 Å². The topological polar surface area (TPSA) is 52.6 Å². The molecular weight excluding hydrogens is 208 g/mol. The molecular formula is C12H14O4. The van der Waals surface area contributed by atoms with Crippen LogP contribution in [0.5, 0.6) is 0 Å². The van der Waals surface area contributed by atoms with Crippen molar-refractivity contribution in [3.8, 4) is 0 Å². The maximum absolute atomic E-state index is 10.8. The first-order chi connectivity index (χ1) is 7.65. The highest BCUT2D eigenvalue weighted by molar-refractivity contribution is 5.93. The number of hydrogen-bond acceptors (Lipinski definition) is 4. The van der Waals surface area contributed by atoms with Gasteiger partial charge in [-0.25, -0.2) is 4.79 Å². The van der Waals surface area contributed by atoms with Gasteiger partial charge in [0.25, 0.3) is 0 Å². The van der Waals surface area contributed by atoms with E-state index >= 15 is 0 Å². The fraction of sp³-hybridized carbons (Fsp3) is 0.333. The monoisotopic (exact) mass is 222 g/mol. The Bertz CT molecular complexity index is 384. The van der Waals surface area contributed by atoms with Crippen molar-refractivity contribution in [3.63, 3.8) is 0 Å². The van der Waals surface area contributed by atoms with Gasteiger partial charge in [-0.05, 0) is 13.0 Å². The lowest BCUT2D eigenvalue weighted by Crippen LogP contribution is -1.95. The number of ether oxygens (including phenoxy) is 2. The lowest BCUT2D eigenvalue weighted by Gasteiger charge is -1.89. The summed E-state index contributed by atoms with van der Waals surface area (Å²) in [6.45, 7) is 4.09. The van der Waals surface area contributed by atoms with Gasteiger partial charge in [0.1, 0.15) is 6.61 Å². The maximum Gasteiger partial charge on any atom is 0.338 e. The highest BCUT2D eigenvalue weighted by Crippen LogP contribution is 2.17. The van der Waals surface area contributed by atoms with Crippen molar-refractivity contribution in [1.82, 2.24) is 0 Å². The number of benzene rings is 1. The molecule has 1 aliphatic heterocycles. The number of carbonyl (C=O) groups excluding carboxylic acids is 2. The molecule has 4 nitrogen and oxygen atoms in total. The summed E-state index contributed by atoms with van der Waals surface area (Å²) in [5.74, 6) is -0.409. The molecule has 1 heterocycles. The Morgan fingerprint density at radius 2 is 2.12 bits per heavy atom. The average molecular weight is 222 g/mol. The SMILES string of the molecule is CCOC(C)=O.O=C1OCc2ccccc21. The first-order valence-corrected chi connectivity index (χ1v) is 5.03. The van der Waals surface area contributed by atoms with Crippen LogP contribution >= 0.6 is 0 Å². The molecule has 0 atom stereocenters. The molecule has 1 aromatic rings. The second-order valence-corrected chi connectivity index (χ2v) is 3.16. The standard InChI is InChI=1S/C8H6O2.C4H8O2/c9-8-7-4-2-1-3-6(7)5-10-8;1-3-6-4(2)5/h1-4H,5H2;3H2,1-2H3. The van der Waals surface area contributed by atoms with Crippen molar-refractivity contribution in [3.05, 3.63) is 35.4 Å². The predicted molar refractivity (Wildman–Crippen MR) is 57.9 cm³/mol. The van der Waals surface area contributed by atoms with E-state index < -0.39 is 0 Å². The number of rotatable bonds is 1. The Balaban J connectivity index is 0.000000187. The Morgan fingerprint density at radius 1 is 1.44 bits per heavy atom. The summed E-state index contributed by atoms with van der Waals surface area (Å²) in [5.41, 5.74) is 1.70. The molecule has 0 saturated heterocycles. The van der Waals surface area contributed by atoms with E-state index in [-0.39, 0.29) is 11.9 Å². The Hall–Kier alpha value is -1.84. The van der Waals surface area contributed by atoms with Crippen LogP contribution in [0.2, 0.25) is 0 Å². The van der Waals surface area contributed by atoms with Gasteiger partial charge in [-0.15, -0.1) is 0 Å². The third-order valence-electron chi connectivity index (χ3n) is 1.94. The van der Waals surface area contributed by atoms with E-state index in [0.29, 0.717) is 18.8 Å². The minimum atomic E-state index is -0.211. The fourth-order valence-corrected chi connectivity index (χ4v) is 1.27. The zero-order chi connectivity index (χ0) is 12.0. The molecule has 0 aromatic heterocycles. The van der Waals surface area contributed by atoms with Crippen LogP contribution in [-0.4, -0.2) is 18.5 Å². The first-order valence-electron chi connectivity index (χ1n) is 5.03. The summed E-state index contributed by atoms with van der Waals surface area (Å²) in [6, 6.07) is 7.43. The van der Waals surface area contributed by atoms with Crippen LogP contribution in [0.4, 0.5) is 0 Å². The second kappa shape index (κ2) is 5.90. The second-order valence-electron chi connectivity index (χ2n) is 3.16. The summed E-state index contributed by atoms with van der Waals surface area (Å²) in [6.07, 6.45) is 0. The summed E-state index contributed by atoms with van der Waals surface area (Å²) < 4.78 is 9.19. The van der Waals surface area contributed by atoms with Crippen molar-refractivity contribution in [2.75, 3.05) is 6.61 Å². The van der Waals surface area contributed by atoms with Gasteiger partial charge in [0.15, 0.2) is 0 Å². The molecule has 0 spiro atoms. The van der Waals surface area contributed by atoms with Crippen LogP contribution in [0.1, 0.15) is 29.8 Å². The van der Waals surface area contributed by atoms with E-state index in [1.807, 2.05) is 18.2 Å². The summed E-state index contributed by atoms with van der Waals surface area (Å²) in [4.78, 5) is 20.7. The zero-order valence-corrected chi connectivity index (χ0v) is 9.36. The molecule has 0 unspecified atom stereocenters. The van der Waals surface area contributed by atoms with E-state index in [1.165, 1.54) is 6.92 Å². The number of fused-ring (bicyclic) bond motifs is 1. The minimum absolute atomic E-state index is 0.199. The number of esters is 2. The van der Waals surface area contributed by atoms with Crippen molar-refractivity contribution in [2.24, 2.45) is 0 Å². The molecule has 16 heavy (non-hydrogen) atoms. The van der Waals surface area contributed by atoms with Gasteiger partial charge in [0.05, 0.1) is 12.2 Å². The molecule has 1 aliphatic rings. The number of cyclic esters (lactones) is 1. The molecule has 1 aromatic carbocycles. The van der Waals surface area contributed by atoms with Crippen LogP contribution in [0.15, 0.2) is 24.3 Å². The van der Waals surface area contributed by atoms with Crippen LogP contribution in [0.25, 0.3) is 0 Å². The van der Waals surface area contributed by atoms with E-state index in [0.717, 1.165) is 5.56 Å². The van der Waals surface area contributed by atoms with Crippen molar-refractivity contribution in [1.29, 1.82) is 0 Å². The van der Waals surface area contributed by atoms with Crippen LogP contribution < -0.4 is 0 Å². The third kappa shape index (κ3) is 3.38. The molecule has 0 bridgehead atoms. The fourth-order valence-electron chi connectivity index (χ4n) is 1.27. The maximum atomic E-state index is 10.8. The van der Waals surface area contributed by atoms with Gasteiger partial charge in [0.2, 0.25) is 0 Å². The molecule has 86 valence electrons. The smallest absolute Gasteiger partial charge is 0.338 e. The van der Waals surface area contributed by atoms with Gasteiger partial charge in [-0.2, -0.15) is 0 Å². The van der Waals surface area contributed by atoms with Gasteiger partial charge < -0.3 is 9.47 Å². The Morgan fingerprint density at radius 3 is 2.62 bits per heavy atom. The van der Waals surface area contributed by atoms with Crippen LogP contribution in [-0.2, 0) is 20.9 Å². The molecule has 2 rings (SSSR count). The third-order valence-corrected chi connectivity index (χ3v) is 1.94. The molecule has 4 heteroatoms. The van der Waals surface area contributed by atoms with Crippen molar-refractivity contribution in [2.45, 2.75) is 20.5 Å². The molecule has 0 aliphatic carbocycles. The van der Waals surface area contributed by atoms with E-state index in [2.05, 4.69) is 4.74 Å². The van der Waals surface area contributed by atoms with Crippen LogP contribution in [0, 0.1) is 0 Å². The van der Waals surface area contributed by atoms with Gasteiger partial charge in [0, 0.05) is 12.5 Å². The normalized spacial score (nSPS) is 12.0. The van der Waals surface area contributed by atoms with Crippen molar-refractivity contribution < 1.29 is 19.1 Å². The van der Waals surface area contributed by atoms with E-state index in [1.54, 1.807) is 13.0 Å². The lowest BCUT2D eigenvalue weighted by molar-refractivity contribution is -0.140. The van der Waals surface area contributed by atoms with Gasteiger partial charge in [-0.3, -0.25) is 4.79 Å². The predicted octanol–water partition coefficient (Wildman–Crippen LogP) is 1.93. The quantitative estimate of drug-likeness (QED) is 0.681. The Kier molecular flexibility index (Phi) is 4.51.